The minimum absolute atomic E-state index is 0.0938. The summed E-state index contributed by atoms with van der Waals surface area (Å²) in [6.45, 7) is 4.34. The molecule has 216 valence electrons. The van der Waals surface area contributed by atoms with Crippen molar-refractivity contribution in [1.82, 2.24) is 15.1 Å². The number of amides is 3. The first-order valence-corrected chi connectivity index (χ1v) is 15.2. The average molecular weight is 592 g/mol. The van der Waals surface area contributed by atoms with E-state index in [1.54, 1.807) is 23.1 Å². The topological polar surface area (TPSA) is 100 Å². The number of hydrogen-bond acceptors (Lipinski definition) is 6. The second kappa shape index (κ2) is 11.6. The van der Waals surface area contributed by atoms with Gasteiger partial charge in [-0.25, -0.2) is 0 Å². The molecule has 40 heavy (non-hydrogen) atoms. The quantitative estimate of drug-likeness (QED) is 0.451. The van der Waals surface area contributed by atoms with Crippen LogP contribution in [0.15, 0.2) is 30.4 Å². The highest BCUT2D eigenvalue weighted by Gasteiger charge is 2.72. The molecule has 2 N–H and O–H groups in total. The van der Waals surface area contributed by atoms with Crippen molar-refractivity contribution >= 4 is 46.6 Å². The van der Waals surface area contributed by atoms with Crippen LogP contribution >= 0.6 is 23.2 Å². The lowest BCUT2D eigenvalue weighted by Gasteiger charge is -2.34. The highest BCUT2D eigenvalue weighted by molar-refractivity contribution is 6.35. The molecular weight excluding hydrogens is 555 g/mol. The van der Waals surface area contributed by atoms with E-state index in [0.717, 1.165) is 45.3 Å². The van der Waals surface area contributed by atoms with Gasteiger partial charge in [-0.2, -0.15) is 0 Å². The maximum Gasteiger partial charge on any atom is 0.246 e. The zero-order valence-corrected chi connectivity index (χ0v) is 24.0. The fourth-order valence-electron chi connectivity index (χ4n) is 7.18. The normalized spacial score (nSPS) is 31.9. The first kappa shape index (κ1) is 28.0. The number of hydrogen-bond donors (Lipinski definition) is 2. The number of halogens is 2. The third-order valence-electron chi connectivity index (χ3n) is 8.98. The van der Waals surface area contributed by atoms with Crippen LogP contribution in [0.3, 0.4) is 0 Å². The van der Waals surface area contributed by atoms with Crippen LogP contribution in [0.1, 0.15) is 38.5 Å². The van der Waals surface area contributed by atoms with Crippen molar-refractivity contribution in [2.24, 2.45) is 11.8 Å². The maximum absolute atomic E-state index is 14.1. The number of fused-ring (bicyclic) bond motifs is 1. The molecule has 9 nitrogen and oxygen atoms in total. The molecule has 1 saturated carbocycles. The van der Waals surface area contributed by atoms with Gasteiger partial charge in [-0.15, -0.1) is 0 Å². The molecule has 0 radical (unpaired) electrons. The molecular formula is C29H36Cl2N4O5. The largest absolute Gasteiger partial charge is 0.379 e. The molecule has 4 aliphatic heterocycles. The smallest absolute Gasteiger partial charge is 0.246 e. The minimum Gasteiger partial charge on any atom is -0.379 e. The Balaban J connectivity index is 1.24. The van der Waals surface area contributed by atoms with Crippen molar-refractivity contribution in [3.8, 4) is 0 Å². The van der Waals surface area contributed by atoms with E-state index < -0.39 is 29.6 Å². The Morgan fingerprint density at radius 3 is 2.45 bits per heavy atom. The predicted octanol–water partition coefficient (Wildman–Crippen LogP) is 3.25. The van der Waals surface area contributed by atoms with E-state index in [9.17, 15) is 14.4 Å². The Hall–Kier alpha value is -2.17. The fourth-order valence-corrected chi connectivity index (χ4v) is 7.70. The second-order valence-corrected chi connectivity index (χ2v) is 12.4. The van der Waals surface area contributed by atoms with E-state index in [0.29, 0.717) is 41.9 Å². The molecule has 0 unspecified atom stereocenters. The third kappa shape index (κ3) is 5.27. The number of carbonyl (C=O) groups is 3. The molecule has 5 aliphatic rings. The van der Waals surface area contributed by atoms with Gasteiger partial charge in [-0.05, 0) is 37.5 Å². The molecule has 1 aromatic carbocycles. The molecule has 1 aliphatic carbocycles. The maximum atomic E-state index is 14.1. The number of likely N-dealkylation sites (tertiary alicyclic amines) is 1. The number of ether oxygens (including phenoxy) is 2. The standard InChI is InChI=1S/C29H36Cl2N4O5/c30-18-15-19(31)17-21(16-18)33-26(36)23-22-7-8-29(40-22)24(23)28(38)35(10-4-9-34-11-13-39-14-12-34)25(29)27(37)32-20-5-2-1-3-6-20/h7-8,15-17,20,22-25H,1-6,9-14H2,(H,32,37)(H,33,36)/t22-,23-,24-,25-,29-/m0/s1. The molecule has 3 amide bonds. The van der Waals surface area contributed by atoms with E-state index in [1.807, 2.05) is 12.2 Å². The van der Waals surface area contributed by atoms with Crippen LogP contribution in [-0.4, -0.2) is 90.7 Å². The SMILES string of the molecule is O=C(Nc1cc(Cl)cc(Cl)c1)[C@H]1[C@@H]2C=C[C@]3(O2)[C@@H]1C(=O)N(CCCN1CCOCC1)[C@H]3C(=O)NC1CCCCC1. The molecule has 1 spiro atoms. The summed E-state index contributed by atoms with van der Waals surface area (Å²) in [7, 11) is 0. The van der Waals surface area contributed by atoms with Crippen LogP contribution in [0.5, 0.6) is 0 Å². The van der Waals surface area contributed by atoms with Gasteiger partial charge in [0, 0.05) is 48.0 Å². The summed E-state index contributed by atoms with van der Waals surface area (Å²) in [5.74, 6) is -2.31. The predicted molar refractivity (Wildman–Crippen MR) is 151 cm³/mol. The van der Waals surface area contributed by atoms with Crippen LogP contribution < -0.4 is 10.6 Å². The Morgan fingerprint density at radius 2 is 1.73 bits per heavy atom. The summed E-state index contributed by atoms with van der Waals surface area (Å²) in [4.78, 5) is 45.7. The Labute approximate surface area is 244 Å². The number of rotatable bonds is 8. The number of nitrogens with one attached hydrogen (secondary N) is 2. The van der Waals surface area contributed by atoms with Gasteiger partial charge >= 0.3 is 0 Å². The number of carbonyl (C=O) groups excluding carboxylic acids is 3. The summed E-state index contributed by atoms with van der Waals surface area (Å²) < 4.78 is 11.9. The van der Waals surface area contributed by atoms with E-state index in [-0.39, 0.29) is 23.8 Å². The van der Waals surface area contributed by atoms with E-state index in [4.69, 9.17) is 32.7 Å². The van der Waals surface area contributed by atoms with Crippen molar-refractivity contribution in [2.45, 2.75) is 62.3 Å². The van der Waals surface area contributed by atoms with Crippen molar-refractivity contribution in [3.63, 3.8) is 0 Å². The van der Waals surface area contributed by atoms with Crippen molar-refractivity contribution in [3.05, 3.63) is 40.4 Å². The summed E-state index contributed by atoms with van der Waals surface area (Å²) in [6.07, 6.45) is 9.02. The van der Waals surface area contributed by atoms with Gasteiger partial charge in [0.1, 0.15) is 11.6 Å². The van der Waals surface area contributed by atoms with E-state index in [2.05, 4.69) is 15.5 Å². The number of nitrogens with zero attached hydrogens (tertiary/aromatic N) is 2. The summed E-state index contributed by atoms with van der Waals surface area (Å²) in [6, 6.07) is 4.08. The summed E-state index contributed by atoms with van der Waals surface area (Å²) in [5, 5.41) is 6.90. The van der Waals surface area contributed by atoms with Crippen molar-refractivity contribution in [1.29, 1.82) is 0 Å². The van der Waals surface area contributed by atoms with Gasteiger partial charge in [0.2, 0.25) is 17.7 Å². The highest BCUT2D eigenvalue weighted by atomic mass is 35.5. The van der Waals surface area contributed by atoms with E-state index >= 15 is 0 Å². The van der Waals surface area contributed by atoms with Crippen LogP contribution in [0.2, 0.25) is 10.0 Å². The second-order valence-electron chi connectivity index (χ2n) is 11.5. The molecule has 5 atom stereocenters. The van der Waals surface area contributed by atoms with Gasteiger partial charge in [0.25, 0.3) is 0 Å². The van der Waals surface area contributed by atoms with Gasteiger partial charge in [0.05, 0.1) is 31.2 Å². The monoisotopic (exact) mass is 590 g/mol. The zero-order valence-electron chi connectivity index (χ0n) is 22.5. The van der Waals surface area contributed by atoms with Gasteiger partial charge in [-0.1, -0.05) is 54.6 Å². The van der Waals surface area contributed by atoms with Crippen molar-refractivity contribution < 1.29 is 23.9 Å². The number of morpholine rings is 1. The van der Waals surface area contributed by atoms with Crippen LogP contribution in [0.4, 0.5) is 5.69 Å². The molecule has 4 heterocycles. The molecule has 4 fully saturated rings. The molecule has 3 saturated heterocycles. The van der Waals surface area contributed by atoms with Crippen LogP contribution in [0.25, 0.3) is 0 Å². The zero-order chi connectivity index (χ0) is 27.9. The first-order chi connectivity index (χ1) is 19.4. The van der Waals surface area contributed by atoms with Gasteiger partial charge in [0.15, 0.2) is 0 Å². The Bertz CT molecular complexity index is 1160. The molecule has 2 bridgehead atoms. The third-order valence-corrected chi connectivity index (χ3v) is 9.42. The van der Waals surface area contributed by atoms with E-state index in [1.165, 1.54) is 6.42 Å². The number of benzene rings is 1. The molecule has 11 heteroatoms. The lowest BCUT2D eigenvalue weighted by Crippen LogP contribution is -2.56. The van der Waals surface area contributed by atoms with Crippen LogP contribution in [0, 0.1) is 11.8 Å². The highest BCUT2D eigenvalue weighted by Crippen LogP contribution is 2.55. The van der Waals surface area contributed by atoms with Crippen LogP contribution in [-0.2, 0) is 23.9 Å². The molecule has 1 aromatic rings. The molecule has 6 rings (SSSR count). The average Bonchev–Trinajstić information content (AvgIpc) is 3.57. The Morgan fingerprint density at radius 1 is 1.00 bits per heavy atom. The van der Waals surface area contributed by atoms with Crippen molar-refractivity contribution in [2.75, 3.05) is 44.7 Å². The lowest BCUT2D eigenvalue weighted by molar-refractivity contribution is -0.141. The number of anilines is 1. The first-order valence-electron chi connectivity index (χ1n) is 14.4. The summed E-state index contributed by atoms with van der Waals surface area (Å²) in [5.41, 5.74) is -0.726. The lowest BCUT2D eigenvalue weighted by atomic mass is 9.74. The Kier molecular flexibility index (Phi) is 8.12. The van der Waals surface area contributed by atoms with Gasteiger partial charge in [-0.3, -0.25) is 19.3 Å². The minimum atomic E-state index is -1.17. The summed E-state index contributed by atoms with van der Waals surface area (Å²) >= 11 is 12.3. The molecule has 0 aromatic heterocycles. The van der Waals surface area contributed by atoms with Gasteiger partial charge < -0.3 is 25.0 Å². The fraction of sp³-hybridized carbons (Fsp3) is 0.621.